The SMILES string of the molecule is COc1cccc2[nH]c(C(=O)N3CC(C(C)(C)C)CC3C(=O)CC(C#N)CC3CCNC3=O)cc12. The largest absolute Gasteiger partial charge is 0.496 e. The molecule has 2 amide bonds. The third-order valence-electron chi connectivity index (χ3n) is 7.59. The van der Waals surface area contributed by atoms with Gasteiger partial charge in [0.2, 0.25) is 5.91 Å². The summed E-state index contributed by atoms with van der Waals surface area (Å²) in [4.78, 5) is 44.0. The van der Waals surface area contributed by atoms with Crippen LogP contribution in [0.25, 0.3) is 10.9 Å². The number of rotatable bonds is 7. The first kappa shape index (κ1) is 24.8. The molecule has 35 heavy (non-hydrogen) atoms. The van der Waals surface area contributed by atoms with Gasteiger partial charge in [0.05, 0.1) is 25.1 Å². The summed E-state index contributed by atoms with van der Waals surface area (Å²) in [5.74, 6) is -0.317. The quantitative estimate of drug-likeness (QED) is 0.630. The topological polar surface area (TPSA) is 115 Å². The maximum Gasteiger partial charge on any atom is 0.270 e. The highest BCUT2D eigenvalue weighted by molar-refractivity contribution is 6.02. The van der Waals surface area contributed by atoms with Gasteiger partial charge in [-0.25, -0.2) is 0 Å². The average Bonchev–Trinajstić information content (AvgIpc) is 3.55. The van der Waals surface area contributed by atoms with Crippen molar-refractivity contribution in [2.24, 2.45) is 23.2 Å². The highest BCUT2D eigenvalue weighted by Gasteiger charge is 2.44. The van der Waals surface area contributed by atoms with E-state index in [0.29, 0.717) is 43.8 Å². The minimum absolute atomic E-state index is 0.0441. The summed E-state index contributed by atoms with van der Waals surface area (Å²) >= 11 is 0. The van der Waals surface area contributed by atoms with Gasteiger partial charge in [0.1, 0.15) is 11.4 Å². The average molecular weight is 479 g/mol. The lowest BCUT2D eigenvalue weighted by Crippen LogP contribution is -2.41. The number of aromatic amines is 1. The molecule has 0 saturated carbocycles. The van der Waals surface area contributed by atoms with Crippen LogP contribution in [0, 0.1) is 34.5 Å². The van der Waals surface area contributed by atoms with Gasteiger partial charge in [-0.3, -0.25) is 14.4 Å². The van der Waals surface area contributed by atoms with Crippen LogP contribution in [0.5, 0.6) is 5.75 Å². The lowest BCUT2D eigenvalue weighted by atomic mass is 9.78. The molecule has 4 rings (SSSR count). The molecule has 4 unspecified atom stereocenters. The summed E-state index contributed by atoms with van der Waals surface area (Å²) in [6.07, 6.45) is 1.68. The van der Waals surface area contributed by atoms with Crippen LogP contribution in [0.4, 0.5) is 0 Å². The van der Waals surface area contributed by atoms with Gasteiger partial charge in [0, 0.05) is 36.3 Å². The number of carbonyl (C=O) groups is 3. The number of benzene rings is 1. The van der Waals surface area contributed by atoms with Gasteiger partial charge in [-0.05, 0) is 48.8 Å². The van der Waals surface area contributed by atoms with Gasteiger partial charge in [-0.15, -0.1) is 0 Å². The Bertz CT molecular complexity index is 1170. The van der Waals surface area contributed by atoms with Crippen molar-refractivity contribution in [3.8, 4) is 11.8 Å². The zero-order chi connectivity index (χ0) is 25.3. The maximum absolute atomic E-state index is 13.7. The van der Waals surface area contributed by atoms with E-state index in [-0.39, 0.29) is 41.3 Å². The molecule has 4 atom stereocenters. The number of ketones is 1. The van der Waals surface area contributed by atoms with E-state index >= 15 is 0 Å². The summed E-state index contributed by atoms with van der Waals surface area (Å²) < 4.78 is 5.43. The normalized spacial score (nSPS) is 23.2. The molecule has 8 heteroatoms. The molecule has 2 aliphatic rings. The Balaban J connectivity index is 1.56. The zero-order valence-electron chi connectivity index (χ0n) is 20.9. The second kappa shape index (κ2) is 9.73. The summed E-state index contributed by atoms with van der Waals surface area (Å²) in [5.41, 5.74) is 1.13. The number of likely N-dealkylation sites (tertiary alicyclic amines) is 1. The summed E-state index contributed by atoms with van der Waals surface area (Å²) in [7, 11) is 1.59. The van der Waals surface area contributed by atoms with E-state index in [4.69, 9.17) is 4.74 Å². The van der Waals surface area contributed by atoms with Crippen LogP contribution in [0.2, 0.25) is 0 Å². The molecule has 2 aromatic rings. The lowest BCUT2D eigenvalue weighted by Gasteiger charge is -2.26. The second-order valence-electron chi connectivity index (χ2n) is 10.9. The lowest BCUT2D eigenvalue weighted by molar-refractivity contribution is -0.125. The molecule has 1 aromatic heterocycles. The molecule has 2 fully saturated rings. The van der Waals surface area contributed by atoms with E-state index in [1.165, 1.54) is 0 Å². The number of carbonyl (C=O) groups excluding carboxylic acids is 3. The number of nitriles is 1. The number of ether oxygens (including phenoxy) is 1. The van der Waals surface area contributed by atoms with Gasteiger partial charge >= 0.3 is 0 Å². The van der Waals surface area contributed by atoms with Crippen molar-refractivity contribution in [1.29, 1.82) is 5.26 Å². The standard InChI is InChI=1S/C27H34N4O4/c1-27(2,3)18-12-22(23(32)11-16(14-28)10-17-8-9-29-25(17)33)31(15-18)26(34)21-13-19-20(30-21)6-5-7-24(19)35-4/h5-7,13,16-18,22,30H,8-12,15H2,1-4H3,(H,29,33). The molecular formula is C27H34N4O4. The number of hydrogen-bond donors (Lipinski definition) is 2. The third-order valence-corrected chi connectivity index (χ3v) is 7.59. The molecule has 2 saturated heterocycles. The van der Waals surface area contributed by atoms with Gasteiger partial charge < -0.3 is 19.9 Å². The fraction of sp³-hybridized carbons (Fsp3) is 0.556. The van der Waals surface area contributed by atoms with Crippen molar-refractivity contribution in [1.82, 2.24) is 15.2 Å². The van der Waals surface area contributed by atoms with Crippen LogP contribution in [0.3, 0.4) is 0 Å². The molecule has 0 bridgehead atoms. The second-order valence-corrected chi connectivity index (χ2v) is 10.9. The van der Waals surface area contributed by atoms with Gasteiger partial charge in [0.25, 0.3) is 5.91 Å². The van der Waals surface area contributed by atoms with E-state index in [1.807, 2.05) is 18.2 Å². The van der Waals surface area contributed by atoms with E-state index in [2.05, 4.69) is 37.1 Å². The molecule has 0 spiro atoms. The molecule has 2 N–H and O–H groups in total. The molecule has 0 radical (unpaired) electrons. The number of amides is 2. The van der Waals surface area contributed by atoms with Crippen molar-refractivity contribution < 1.29 is 19.1 Å². The highest BCUT2D eigenvalue weighted by atomic mass is 16.5. The molecule has 2 aliphatic heterocycles. The van der Waals surface area contributed by atoms with Crippen molar-refractivity contribution in [2.75, 3.05) is 20.2 Å². The van der Waals surface area contributed by atoms with Gasteiger partial charge in [-0.2, -0.15) is 5.26 Å². The molecule has 0 aliphatic carbocycles. The monoisotopic (exact) mass is 478 g/mol. The highest BCUT2D eigenvalue weighted by Crippen LogP contribution is 2.39. The molecule has 1 aromatic carbocycles. The third kappa shape index (κ3) is 5.04. The maximum atomic E-state index is 13.7. The van der Waals surface area contributed by atoms with E-state index in [1.54, 1.807) is 18.1 Å². The predicted molar refractivity (Wildman–Crippen MR) is 132 cm³/mol. The van der Waals surface area contributed by atoms with E-state index in [9.17, 15) is 19.6 Å². The van der Waals surface area contributed by atoms with Crippen LogP contribution in [-0.2, 0) is 9.59 Å². The molecule has 8 nitrogen and oxygen atoms in total. The van der Waals surface area contributed by atoms with Gasteiger partial charge in [-0.1, -0.05) is 26.8 Å². The Morgan fingerprint density at radius 2 is 2.09 bits per heavy atom. The first-order valence-electron chi connectivity index (χ1n) is 12.3. The minimum Gasteiger partial charge on any atom is -0.496 e. The number of hydrogen-bond acceptors (Lipinski definition) is 5. The Morgan fingerprint density at radius 1 is 1.31 bits per heavy atom. The van der Waals surface area contributed by atoms with Crippen molar-refractivity contribution in [3.05, 3.63) is 30.0 Å². The van der Waals surface area contributed by atoms with Crippen molar-refractivity contribution >= 4 is 28.5 Å². The van der Waals surface area contributed by atoms with Crippen LogP contribution >= 0.6 is 0 Å². The Hall–Kier alpha value is -3.34. The summed E-state index contributed by atoms with van der Waals surface area (Å²) in [5, 5.41) is 13.3. The van der Waals surface area contributed by atoms with Crippen LogP contribution in [-0.4, -0.2) is 53.7 Å². The fourth-order valence-electron chi connectivity index (χ4n) is 5.34. The van der Waals surface area contributed by atoms with Crippen LogP contribution in [0.1, 0.15) is 56.9 Å². The molecule has 3 heterocycles. The first-order chi connectivity index (χ1) is 16.6. The van der Waals surface area contributed by atoms with Crippen LogP contribution < -0.4 is 10.1 Å². The Kier molecular flexibility index (Phi) is 6.88. The Morgan fingerprint density at radius 3 is 2.71 bits per heavy atom. The number of H-pyrrole nitrogens is 1. The number of aromatic nitrogens is 1. The summed E-state index contributed by atoms with van der Waals surface area (Å²) in [6, 6.07) is 9.00. The number of methoxy groups -OCH3 is 1. The number of fused-ring (bicyclic) bond motifs is 1. The van der Waals surface area contributed by atoms with Crippen molar-refractivity contribution in [3.63, 3.8) is 0 Å². The fourth-order valence-corrected chi connectivity index (χ4v) is 5.34. The number of nitrogens with one attached hydrogen (secondary N) is 2. The predicted octanol–water partition coefficient (Wildman–Crippen LogP) is 3.68. The smallest absolute Gasteiger partial charge is 0.270 e. The van der Waals surface area contributed by atoms with Crippen molar-refractivity contribution in [2.45, 2.75) is 52.5 Å². The van der Waals surface area contributed by atoms with E-state index in [0.717, 1.165) is 10.9 Å². The first-order valence-corrected chi connectivity index (χ1v) is 12.3. The minimum atomic E-state index is -0.590. The number of nitrogens with zero attached hydrogens (tertiary/aromatic N) is 2. The molecule has 186 valence electrons. The van der Waals surface area contributed by atoms with Gasteiger partial charge in [0.15, 0.2) is 5.78 Å². The zero-order valence-corrected chi connectivity index (χ0v) is 20.9. The molecular weight excluding hydrogens is 444 g/mol. The van der Waals surface area contributed by atoms with E-state index < -0.39 is 12.0 Å². The Labute approximate surface area is 206 Å². The number of Topliss-reactive ketones (excluding diaryl/α,β-unsaturated/α-hetero) is 1. The summed E-state index contributed by atoms with van der Waals surface area (Å²) in [6.45, 7) is 7.46. The van der Waals surface area contributed by atoms with Crippen LogP contribution in [0.15, 0.2) is 24.3 Å².